The maximum Gasteiger partial charge on any atom is 0.241 e. The molecular formula is C18H14F2N2O2. The zero-order valence-electron chi connectivity index (χ0n) is 13.1. The SMILES string of the molecule is COc1cccc2c1Oc1nc(-c3cc(F)cc(F)c3C)[nH]c1C2. The number of methoxy groups -OCH3 is 1. The molecule has 3 aromatic rings. The third kappa shape index (κ3) is 2.22. The minimum atomic E-state index is -0.645. The molecule has 24 heavy (non-hydrogen) atoms. The van der Waals surface area contributed by atoms with Gasteiger partial charge >= 0.3 is 0 Å². The largest absolute Gasteiger partial charge is 0.493 e. The van der Waals surface area contributed by atoms with Crippen LogP contribution in [-0.2, 0) is 6.42 Å². The number of nitrogens with zero attached hydrogens (tertiary/aromatic N) is 1. The number of benzene rings is 2. The molecule has 1 aliphatic heterocycles. The molecule has 4 rings (SSSR count). The van der Waals surface area contributed by atoms with Gasteiger partial charge in [0.15, 0.2) is 11.5 Å². The summed E-state index contributed by atoms with van der Waals surface area (Å²) < 4.78 is 38.5. The lowest BCUT2D eigenvalue weighted by Gasteiger charge is -2.17. The number of H-pyrrole nitrogens is 1. The fraction of sp³-hybridized carbons (Fsp3) is 0.167. The van der Waals surface area contributed by atoms with Gasteiger partial charge in [0.25, 0.3) is 0 Å². The van der Waals surface area contributed by atoms with E-state index in [9.17, 15) is 8.78 Å². The molecule has 0 atom stereocenters. The summed E-state index contributed by atoms with van der Waals surface area (Å²) in [7, 11) is 1.57. The predicted molar refractivity (Wildman–Crippen MR) is 84.6 cm³/mol. The highest BCUT2D eigenvalue weighted by molar-refractivity contribution is 5.63. The zero-order chi connectivity index (χ0) is 16.8. The molecule has 1 aliphatic rings. The molecule has 0 saturated carbocycles. The van der Waals surface area contributed by atoms with E-state index in [0.29, 0.717) is 40.8 Å². The second-order valence-electron chi connectivity index (χ2n) is 5.66. The molecule has 0 aliphatic carbocycles. The van der Waals surface area contributed by atoms with Gasteiger partial charge in [-0.3, -0.25) is 0 Å². The van der Waals surface area contributed by atoms with Crippen molar-refractivity contribution < 1.29 is 18.3 Å². The molecule has 2 aromatic carbocycles. The van der Waals surface area contributed by atoms with Crippen molar-refractivity contribution in [2.75, 3.05) is 7.11 Å². The summed E-state index contributed by atoms with van der Waals surface area (Å²) in [6.45, 7) is 1.59. The normalized spacial score (nSPS) is 12.3. The van der Waals surface area contributed by atoms with Crippen molar-refractivity contribution in [3.8, 4) is 28.8 Å². The van der Waals surface area contributed by atoms with Gasteiger partial charge in [-0.15, -0.1) is 0 Å². The van der Waals surface area contributed by atoms with Crippen LogP contribution in [-0.4, -0.2) is 17.1 Å². The van der Waals surface area contributed by atoms with Crippen LogP contribution < -0.4 is 9.47 Å². The van der Waals surface area contributed by atoms with E-state index in [-0.39, 0.29) is 0 Å². The molecule has 0 fully saturated rings. The smallest absolute Gasteiger partial charge is 0.241 e. The van der Waals surface area contributed by atoms with E-state index in [2.05, 4.69) is 9.97 Å². The first kappa shape index (κ1) is 14.7. The summed E-state index contributed by atoms with van der Waals surface area (Å²) >= 11 is 0. The quantitative estimate of drug-likeness (QED) is 0.594. The molecule has 4 nitrogen and oxygen atoms in total. The summed E-state index contributed by atoms with van der Waals surface area (Å²) in [5.41, 5.74) is 2.42. The first-order chi connectivity index (χ1) is 11.6. The Morgan fingerprint density at radius 1 is 1.25 bits per heavy atom. The number of halogens is 2. The summed E-state index contributed by atoms with van der Waals surface area (Å²) in [6.07, 6.45) is 0.575. The van der Waals surface area contributed by atoms with Crippen molar-refractivity contribution in [3.63, 3.8) is 0 Å². The number of nitrogens with one attached hydrogen (secondary N) is 1. The van der Waals surface area contributed by atoms with E-state index in [1.807, 2.05) is 18.2 Å². The van der Waals surface area contributed by atoms with Crippen LogP contribution in [0, 0.1) is 18.6 Å². The average Bonchev–Trinajstić information content (AvgIpc) is 2.98. The van der Waals surface area contributed by atoms with Gasteiger partial charge in [0.1, 0.15) is 17.5 Å². The van der Waals surface area contributed by atoms with Crippen molar-refractivity contribution in [1.82, 2.24) is 9.97 Å². The molecule has 1 aromatic heterocycles. The monoisotopic (exact) mass is 328 g/mol. The molecule has 0 radical (unpaired) electrons. The number of fused-ring (bicyclic) bond motifs is 2. The molecule has 1 N–H and O–H groups in total. The van der Waals surface area contributed by atoms with Crippen LogP contribution in [0.2, 0.25) is 0 Å². The van der Waals surface area contributed by atoms with Gasteiger partial charge in [-0.1, -0.05) is 12.1 Å². The molecular weight excluding hydrogens is 314 g/mol. The number of hydrogen-bond acceptors (Lipinski definition) is 3. The predicted octanol–water partition coefficient (Wildman–Crippen LogP) is 4.37. The minimum Gasteiger partial charge on any atom is -0.493 e. The number of imidazole rings is 1. The van der Waals surface area contributed by atoms with E-state index in [1.165, 1.54) is 6.07 Å². The van der Waals surface area contributed by atoms with Crippen molar-refractivity contribution in [1.29, 1.82) is 0 Å². The van der Waals surface area contributed by atoms with Crippen LogP contribution in [0.5, 0.6) is 17.4 Å². The number of rotatable bonds is 2. The van der Waals surface area contributed by atoms with Gasteiger partial charge in [0.05, 0.1) is 12.8 Å². The third-order valence-electron chi connectivity index (χ3n) is 4.15. The Balaban J connectivity index is 1.79. The van der Waals surface area contributed by atoms with Crippen LogP contribution in [0.1, 0.15) is 16.8 Å². The van der Waals surface area contributed by atoms with Crippen LogP contribution in [0.25, 0.3) is 11.4 Å². The molecule has 0 unspecified atom stereocenters. The lowest BCUT2D eigenvalue weighted by atomic mass is 10.1. The van der Waals surface area contributed by atoms with Crippen LogP contribution in [0.15, 0.2) is 30.3 Å². The Kier molecular flexibility index (Phi) is 3.26. The summed E-state index contributed by atoms with van der Waals surface area (Å²) in [6, 6.07) is 7.75. The Morgan fingerprint density at radius 3 is 2.88 bits per heavy atom. The van der Waals surface area contributed by atoms with Crippen molar-refractivity contribution in [2.24, 2.45) is 0 Å². The Bertz CT molecular complexity index is 950. The standard InChI is InChI=1S/C18H14F2N2O2/c1-9-12(7-11(19)8-13(9)20)17-21-14-6-10-4-3-5-15(23-2)16(10)24-18(14)22-17/h3-5,7-8H,6H2,1-2H3,(H,21,22). The number of aromatic nitrogens is 2. The summed E-state index contributed by atoms with van der Waals surface area (Å²) in [4.78, 5) is 7.48. The minimum absolute atomic E-state index is 0.331. The van der Waals surface area contributed by atoms with E-state index in [1.54, 1.807) is 14.0 Å². The van der Waals surface area contributed by atoms with Crippen molar-refractivity contribution >= 4 is 0 Å². The Labute approximate surface area is 137 Å². The van der Waals surface area contributed by atoms with Gasteiger partial charge in [-0.25, -0.2) is 8.78 Å². The molecule has 0 saturated heterocycles. The topological polar surface area (TPSA) is 47.1 Å². The highest BCUT2D eigenvalue weighted by Crippen LogP contribution is 2.42. The lowest BCUT2D eigenvalue weighted by molar-refractivity contribution is 0.366. The van der Waals surface area contributed by atoms with Gasteiger partial charge in [0.2, 0.25) is 5.88 Å². The average molecular weight is 328 g/mol. The van der Waals surface area contributed by atoms with Crippen molar-refractivity contribution in [2.45, 2.75) is 13.3 Å². The second kappa shape index (κ2) is 5.33. The third-order valence-corrected chi connectivity index (χ3v) is 4.15. The molecule has 0 bridgehead atoms. The first-order valence-corrected chi connectivity index (χ1v) is 7.45. The van der Waals surface area contributed by atoms with Crippen LogP contribution in [0.4, 0.5) is 8.78 Å². The number of para-hydroxylation sites is 1. The molecule has 122 valence electrons. The van der Waals surface area contributed by atoms with Crippen molar-refractivity contribution in [3.05, 3.63) is 58.8 Å². The Morgan fingerprint density at radius 2 is 2.08 bits per heavy atom. The number of aromatic amines is 1. The molecule has 0 amide bonds. The van der Waals surface area contributed by atoms with Gasteiger partial charge < -0.3 is 14.5 Å². The van der Waals surface area contributed by atoms with E-state index in [0.717, 1.165) is 17.3 Å². The molecule has 2 heterocycles. The fourth-order valence-corrected chi connectivity index (χ4v) is 2.88. The number of hydrogen-bond donors (Lipinski definition) is 1. The van der Waals surface area contributed by atoms with Gasteiger partial charge in [-0.05, 0) is 24.6 Å². The maximum atomic E-state index is 13.8. The highest BCUT2D eigenvalue weighted by Gasteiger charge is 2.25. The Hall–Kier alpha value is -2.89. The zero-order valence-corrected chi connectivity index (χ0v) is 13.1. The molecule has 6 heteroatoms. The maximum absolute atomic E-state index is 13.8. The van der Waals surface area contributed by atoms with Crippen LogP contribution >= 0.6 is 0 Å². The van der Waals surface area contributed by atoms with Gasteiger partial charge in [0, 0.05) is 23.6 Å². The lowest BCUT2D eigenvalue weighted by Crippen LogP contribution is -2.04. The van der Waals surface area contributed by atoms with Crippen LogP contribution in [0.3, 0.4) is 0 Å². The summed E-state index contributed by atoms with van der Waals surface area (Å²) in [5, 5.41) is 0. The first-order valence-electron chi connectivity index (χ1n) is 7.45. The van der Waals surface area contributed by atoms with E-state index < -0.39 is 11.6 Å². The fourth-order valence-electron chi connectivity index (χ4n) is 2.88. The highest BCUT2D eigenvalue weighted by atomic mass is 19.1. The van der Waals surface area contributed by atoms with E-state index in [4.69, 9.17) is 9.47 Å². The number of ether oxygens (including phenoxy) is 2. The van der Waals surface area contributed by atoms with Gasteiger partial charge in [-0.2, -0.15) is 4.98 Å². The molecule has 0 spiro atoms. The second-order valence-corrected chi connectivity index (χ2v) is 5.66. The van der Waals surface area contributed by atoms with E-state index >= 15 is 0 Å². The summed E-state index contributed by atoms with van der Waals surface area (Å²) in [5.74, 6) is 0.760.